The third-order valence-electron chi connectivity index (χ3n) is 4.09. The Bertz CT molecular complexity index is 965. The number of aryl methyl sites for hydroxylation is 3. The lowest BCUT2D eigenvalue weighted by Gasteiger charge is -2.11. The maximum absolute atomic E-state index is 12.3. The van der Waals surface area contributed by atoms with E-state index < -0.39 is 0 Å². The molecule has 0 spiro atoms. The average molecular weight is 377 g/mol. The molecule has 25 heavy (non-hydrogen) atoms. The van der Waals surface area contributed by atoms with Gasteiger partial charge in [0.1, 0.15) is 0 Å². The van der Waals surface area contributed by atoms with Crippen molar-refractivity contribution in [3.8, 4) is 0 Å². The first-order chi connectivity index (χ1) is 11.8. The Morgan fingerprint density at radius 2 is 1.96 bits per heavy atom. The van der Waals surface area contributed by atoms with Crippen LogP contribution in [0.25, 0.3) is 5.65 Å². The standard InChI is InChI=1S/C18H18Cl2N4O/c1-10-8-17-21-11(2)14(12(3)24(17)23-10)5-7-18(25)22-16-6-4-13(19)9-15(16)20/h4,6,8-9H,5,7H2,1-3H3,(H,22,25). The molecule has 0 saturated carbocycles. The number of fused-ring (bicyclic) bond motifs is 1. The number of hydrogen-bond donors (Lipinski definition) is 1. The zero-order valence-electron chi connectivity index (χ0n) is 14.2. The van der Waals surface area contributed by atoms with Gasteiger partial charge in [-0.1, -0.05) is 23.2 Å². The van der Waals surface area contributed by atoms with E-state index in [0.717, 1.165) is 28.3 Å². The van der Waals surface area contributed by atoms with E-state index in [1.807, 2.05) is 31.4 Å². The summed E-state index contributed by atoms with van der Waals surface area (Å²) in [6.45, 7) is 5.89. The minimum atomic E-state index is -0.111. The molecule has 130 valence electrons. The largest absolute Gasteiger partial charge is 0.325 e. The molecular weight excluding hydrogens is 359 g/mol. The van der Waals surface area contributed by atoms with E-state index in [9.17, 15) is 4.79 Å². The summed E-state index contributed by atoms with van der Waals surface area (Å²) in [6.07, 6.45) is 0.907. The fourth-order valence-electron chi connectivity index (χ4n) is 2.85. The number of nitrogens with zero attached hydrogens (tertiary/aromatic N) is 3. The zero-order chi connectivity index (χ0) is 18.1. The van der Waals surface area contributed by atoms with E-state index in [1.165, 1.54) is 0 Å². The van der Waals surface area contributed by atoms with Crippen molar-refractivity contribution >= 4 is 40.4 Å². The molecule has 1 aromatic carbocycles. The average Bonchev–Trinajstić information content (AvgIpc) is 2.90. The van der Waals surface area contributed by atoms with Gasteiger partial charge in [-0.25, -0.2) is 9.50 Å². The number of halogens is 2. The highest BCUT2D eigenvalue weighted by Gasteiger charge is 2.13. The first kappa shape index (κ1) is 17.7. The van der Waals surface area contributed by atoms with E-state index in [4.69, 9.17) is 23.2 Å². The summed E-state index contributed by atoms with van der Waals surface area (Å²) in [7, 11) is 0. The van der Waals surface area contributed by atoms with Crippen LogP contribution < -0.4 is 5.32 Å². The van der Waals surface area contributed by atoms with Gasteiger partial charge in [-0.2, -0.15) is 5.10 Å². The van der Waals surface area contributed by atoms with Crippen LogP contribution in [0.3, 0.4) is 0 Å². The molecule has 1 amide bonds. The third-order valence-corrected chi connectivity index (χ3v) is 4.64. The van der Waals surface area contributed by atoms with Crippen molar-refractivity contribution in [3.05, 3.63) is 57.0 Å². The Kier molecular flexibility index (Phi) is 4.97. The molecule has 3 rings (SSSR count). The predicted octanol–water partition coefficient (Wildman–Crippen LogP) is 4.53. The van der Waals surface area contributed by atoms with Gasteiger partial charge < -0.3 is 5.32 Å². The Labute approximate surface area is 156 Å². The lowest BCUT2D eigenvalue weighted by Crippen LogP contribution is -2.14. The summed E-state index contributed by atoms with van der Waals surface area (Å²) in [5.74, 6) is -0.111. The topological polar surface area (TPSA) is 59.3 Å². The van der Waals surface area contributed by atoms with Gasteiger partial charge in [0.2, 0.25) is 5.91 Å². The number of aromatic nitrogens is 3. The second kappa shape index (κ2) is 7.02. The molecule has 0 fully saturated rings. The Morgan fingerprint density at radius 1 is 1.20 bits per heavy atom. The number of amides is 1. The van der Waals surface area contributed by atoms with E-state index in [1.54, 1.807) is 18.2 Å². The van der Waals surface area contributed by atoms with Gasteiger partial charge in [-0.05, 0) is 51.0 Å². The van der Waals surface area contributed by atoms with Gasteiger partial charge >= 0.3 is 0 Å². The molecule has 0 unspecified atom stereocenters. The number of rotatable bonds is 4. The van der Waals surface area contributed by atoms with Gasteiger partial charge in [-0.15, -0.1) is 0 Å². The van der Waals surface area contributed by atoms with Crippen LogP contribution >= 0.6 is 23.2 Å². The second-order valence-corrected chi connectivity index (χ2v) is 6.83. The van der Waals surface area contributed by atoms with E-state index in [2.05, 4.69) is 15.4 Å². The molecular formula is C18H18Cl2N4O. The Morgan fingerprint density at radius 3 is 2.68 bits per heavy atom. The number of carbonyl (C=O) groups excluding carboxylic acids is 1. The molecule has 0 saturated heterocycles. The SMILES string of the molecule is Cc1cc2nc(C)c(CCC(=O)Nc3ccc(Cl)cc3Cl)c(C)n2n1. The van der Waals surface area contributed by atoms with Crippen molar-refractivity contribution < 1.29 is 4.79 Å². The van der Waals surface area contributed by atoms with E-state index >= 15 is 0 Å². The number of anilines is 1. The van der Waals surface area contributed by atoms with Crippen molar-refractivity contribution in [3.63, 3.8) is 0 Å². The summed E-state index contributed by atoms with van der Waals surface area (Å²) in [5.41, 5.74) is 5.26. The van der Waals surface area contributed by atoms with E-state index in [-0.39, 0.29) is 5.91 Å². The summed E-state index contributed by atoms with van der Waals surface area (Å²) < 4.78 is 1.83. The lowest BCUT2D eigenvalue weighted by atomic mass is 10.1. The maximum atomic E-state index is 12.3. The fraction of sp³-hybridized carbons (Fsp3) is 0.278. The molecule has 0 radical (unpaired) electrons. The third kappa shape index (κ3) is 3.78. The predicted molar refractivity (Wildman–Crippen MR) is 101 cm³/mol. The van der Waals surface area contributed by atoms with Crippen LogP contribution in [0.5, 0.6) is 0 Å². The molecule has 0 bridgehead atoms. The smallest absolute Gasteiger partial charge is 0.224 e. The minimum Gasteiger partial charge on any atom is -0.325 e. The molecule has 0 aliphatic rings. The summed E-state index contributed by atoms with van der Waals surface area (Å²) in [5, 5.41) is 8.22. The van der Waals surface area contributed by atoms with Crippen LogP contribution in [0, 0.1) is 20.8 Å². The Hall–Kier alpha value is -2.11. The highest BCUT2D eigenvalue weighted by Crippen LogP contribution is 2.25. The molecule has 2 aromatic heterocycles. The Balaban J connectivity index is 1.74. The van der Waals surface area contributed by atoms with Gasteiger partial charge in [0.15, 0.2) is 5.65 Å². The monoisotopic (exact) mass is 376 g/mol. The van der Waals surface area contributed by atoms with Crippen molar-refractivity contribution in [2.24, 2.45) is 0 Å². The number of hydrogen-bond acceptors (Lipinski definition) is 3. The molecule has 3 aromatic rings. The highest BCUT2D eigenvalue weighted by molar-refractivity contribution is 6.36. The van der Waals surface area contributed by atoms with Gasteiger partial charge in [0.05, 0.1) is 16.4 Å². The highest BCUT2D eigenvalue weighted by atomic mass is 35.5. The van der Waals surface area contributed by atoms with Crippen LogP contribution in [0.1, 0.15) is 29.1 Å². The first-order valence-corrected chi connectivity index (χ1v) is 8.68. The van der Waals surface area contributed by atoms with Crippen LogP contribution in [0.4, 0.5) is 5.69 Å². The summed E-state index contributed by atoms with van der Waals surface area (Å²) in [6, 6.07) is 6.93. The minimum absolute atomic E-state index is 0.111. The number of benzene rings is 1. The summed E-state index contributed by atoms with van der Waals surface area (Å²) in [4.78, 5) is 16.8. The molecule has 1 N–H and O–H groups in total. The van der Waals surface area contributed by atoms with Crippen molar-refractivity contribution in [1.29, 1.82) is 0 Å². The van der Waals surface area contributed by atoms with E-state index in [0.29, 0.717) is 28.6 Å². The van der Waals surface area contributed by atoms with Crippen LogP contribution in [-0.2, 0) is 11.2 Å². The molecule has 0 atom stereocenters. The van der Waals surface area contributed by atoms with Crippen LogP contribution in [0.15, 0.2) is 24.3 Å². The second-order valence-electron chi connectivity index (χ2n) is 5.99. The van der Waals surface area contributed by atoms with Crippen LogP contribution in [0.2, 0.25) is 10.0 Å². The zero-order valence-corrected chi connectivity index (χ0v) is 15.7. The molecule has 5 nitrogen and oxygen atoms in total. The normalized spacial score (nSPS) is 11.1. The van der Waals surface area contributed by atoms with Crippen molar-refractivity contribution in [1.82, 2.24) is 14.6 Å². The van der Waals surface area contributed by atoms with Gasteiger partial charge in [-0.3, -0.25) is 4.79 Å². The van der Waals surface area contributed by atoms with Crippen molar-refractivity contribution in [2.45, 2.75) is 33.6 Å². The molecule has 7 heteroatoms. The summed E-state index contributed by atoms with van der Waals surface area (Å²) >= 11 is 12.0. The first-order valence-electron chi connectivity index (χ1n) is 7.92. The maximum Gasteiger partial charge on any atom is 0.224 e. The van der Waals surface area contributed by atoms with Gasteiger partial charge in [0.25, 0.3) is 0 Å². The lowest BCUT2D eigenvalue weighted by molar-refractivity contribution is -0.116. The quantitative estimate of drug-likeness (QED) is 0.727. The molecule has 2 heterocycles. The van der Waals surface area contributed by atoms with Crippen molar-refractivity contribution in [2.75, 3.05) is 5.32 Å². The number of nitrogens with one attached hydrogen (secondary N) is 1. The van der Waals surface area contributed by atoms with Crippen LogP contribution in [-0.4, -0.2) is 20.5 Å². The van der Waals surface area contributed by atoms with Gasteiger partial charge in [0, 0.05) is 28.9 Å². The molecule has 0 aliphatic carbocycles. The molecule has 0 aliphatic heterocycles. The fourth-order valence-corrected chi connectivity index (χ4v) is 3.30. The number of carbonyl (C=O) groups is 1.